The lowest BCUT2D eigenvalue weighted by molar-refractivity contribution is 0.660. The molecule has 0 bridgehead atoms. The Morgan fingerprint density at radius 2 is 0.526 bits per heavy atom. The second kappa shape index (κ2) is 23.8. The van der Waals surface area contributed by atoms with Crippen molar-refractivity contribution in [3.63, 3.8) is 0 Å². The first-order valence-electron chi connectivity index (χ1n) is 32.6. The molecule has 17 aromatic rings. The number of nitrogens with zero attached hydrogens (tertiary/aromatic N) is 4. The average Bonchev–Trinajstić information content (AvgIpc) is 1.74. The number of hydrogen-bond donors (Lipinski definition) is 0. The second-order valence-electron chi connectivity index (χ2n) is 25.2. The van der Waals surface area contributed by atoms with Crippen molar-refractivity contribution < 1.29 is 0 Å². The van der Waals surface area contributed by atoms with Crippen molar-refractivity contribution in [3.05, 3.63) is 351 Å². The van der Waals surface area contributed by atoms with Crippen molar-refractivity contribution in [1.29, 1.82) is 0 Å². The molecule has 0 spiro atoms. The lowest BCUT2D eigenvalue weighted by Gasteiger charge is -2.22. The largest absolute Gasteiger partial charge is 0.228 e. The number of benzene rings is 15. The van der Waals surface area contributed by atoms with Crippen LogP contribution in [0.4, 0.5) is 0 Å². The molecule has 95 heavy (non-hydrogen) atoms. The molecule has 2 heterocycles. The molecule has 446 valence electrons. The molecule has 0 fully saturated rings. The Bertz CT molecular complexity index is 5780. The molecule has 0 aliphatic heterocycles. The van der Waals surface area contributed by atoms with Gasteiger partial charge in [-0.1, -0.05) is 305 Å². The summed E-state index contributed by atoms with van der Waals surface area (Å²) in [7, 11) is 0. The normalized spacial score (nSPS) is 12.2. The monoisotopic (exact) mass is 1210 g/mol. The number of para-hydroxylation sites is 2. The van der Waals surface area contributed by atoms with E-state index < -0.39 is 0 Å². The van der Waals surface area contributed by atoms with E-state index in [0.717, 1.165) is 78.2 Å². The van der Waals surface area contributed by atoms with Crippen LogP contribution in [0.15, 0.2) is 340 Å². The van der Waals surface area contributed by atoms with Crippen LogP contribution in [-0.2, 0) is 5.41 Å². The molecular weight excluding hydrogens is 1150 g/mol. The lowest BCUT2D eigenvalue weighted by atomic mass is 9.81. The third-order valence-electron chi connectivity index (χ3n) is 19.1. The van der Waals surface area contributed by atoms with Gasteiger partial charge in [0.1, 0.15) is 0 Å². The Morgan fingerprint density at radius 3 is 1.11 bits per heavy atom. The molecular formula is C91H62N4. The topological polar surface area (TPSA) is 51.6 Å². The molecule has 1 aliphatic carbocycles. The first-order chi connectivity index (χ1) is 46.8. The molecule has 4 heteroatoms. The van der Waals surface area contributed by atoms with Gasteiger partial charge >= 0.3 is 0 Å². The fourth-order valence-corrected chi connectivity index (χ4v) is 14.3. The quantitative estimate of drug-likeness (QED) is 0.135. The zero-order chi connectivity index (χ0) is 63.4. The van der Waals surface area contributed by atoms with Gasteiger partial charge in [0.2, 0.25) is 0 Å². The molecule has 0 saturated carbocycles. The van der Waals surface area contributed by atoms with E-state index in [-0.39, 0.29) is 5.41 Å². The van der Waals surface area contributed by atoms with Gasteiger partial charge in [-0.05, 0) is 159 Å². The molecule has 0 unspecified atom stereocenters. The standard InChI is InChI=1S/C47H34N2.C44H28N2/c1-47(2)42-23-8-6-21-39(42)40-26-25-36(30-43(40)47)34-17-10-16-33(27-34)35-18-12-20-38(29-35)46-48-44-24-9-7-22-41(44)45(49-46)37-19-11-15-32(28-37)31-13-4-3-5-14-31;1-2-11-30(12-3-1)43-40-19-8-9-20-42(40)45-44(46-43)31-23-21-29(22-24-31)32-13-10-14-33(27-32)34-25-26-39-37-17-5-4-15-35(37)36-16-6-7-18-38(36)41(39)28-34/h3-30H,1-2H3;1-28H. The maximum atomic E-state index is 5.23. The van der Waals surface area contributed by atoms with Crippen molar-refractivity contribution >= 4 is 54.1 Å². The molecule has 0 N–H and O–H groups in total. The number of aromatic nitrogens is 4. The van der Waals surface area contributed by atoms with Crippen molar-refractivity contribution in [2.75, 3.05) is 0 Å². The van der Waals surface area contributed by atoms with Gasteiger partial charge in [-0.3, -0.25) is 0 Å². The van der Waals surface area contributed by atoms with Crippen LogP contribution >= 0.6 is 0 Å². The summed E-state index contributed by atoms with van der Waals surface area (Å²) in [6.07, 6.45) is 0. The van der Waals surface area contributed by atoms with E-state index in [1.165, 1.54) is 99.1 Å². The van der Waals surface area contributed by atoms with Crippen LogP contribution in [0.1, 0.15) is 25.0 Å². The van der Waals surface area contributed by atoms with Gasteiger partial charge in [0.05, 0.1) is 22.4 Å². The fraction of sp³-hybridized carbons (Fsp3) is 0.0330. The molecule has 1 aliphatic rings. The molecule has 2 aromatic heterocycles. The average molecular weight is 1210 g/mol. The van der Waals surface area contributed by atoms with E-state index in [1.807, 2.05) is 24.3 Å². The van der Waals surface area contributed by atoms with Gasteiger partial charge in [0.15, 0.2) is 11.6 Å². The Hall–Kier alpha value is -12.2. The van der Waals surface area contributed by atoms with E-state index in [9.17, 15) is 0 Å². The van der Waals surface area contributed by atoms with Crippen LogP contribution < -0.4 is 0 Å². The molecule has 0 amide bonds. The predicted molar refractivity (Wildman–Crippen MR) is 398 cm³/mol. The van der Waals surface area contributed by atoms with Gasteiger partial charge in [-0.15, -0.1) is 0 Å². The fourth-order valence-electron chi connectivity index (χ4n) is 14.3. The third-order valence-corrected chi connectivity index (χ3v) is 19.1. The highest BCUT2D eigenvalue weighted by atomic mass is 14.9. The molecule has 0 saturated heterocycles. The van der Waals surface area contributed by atoms with Gasteiger partial charge < -0.3 is 0 Å². The second-order valence-corrected chi connectivity index (χ2v) is 25.2. The Balaban J connectivity index is 0.000000144. The molecule has 0 radical (unpaired) electrons. The third kappa shape index (κ3) is 10.5. The van der Waals surface area contributed by atoms with E-state index in [1.54, 1.807) is 0 Å². The molecule has 15 aromatic carbocycles. The summed E-state index contributed by atoms with van der Waals surface area (Å²) >= 11 is 0. The van der Waals surface area contributed by atoms with Crippen molar-refractivity contribution in [3.8, 4) is 112 Å². The summed E-state index contributed by atoms with van der Waals surface area (Å²) in [5, 5.41) is 9.85. The van der Waals surface area contributed by atoms with Crippen LogP contribution in [0.25, 0.3) is 166 Å². The van der Waals surface area contributed by atoms with Crippen LogP contribution in [0.5, 0.6) is 0 Å². The lowest BCUT2D eigenvalue weighted by Crippen LogP contribution is -2.14. The van der Waals surface area contributed by atoms with E-state index in [0.29, 0.717) is 0 Å². The molecule has 18 rings (SSSR count). The number of fused-ring (bicyclic) bond motifs is 11. The number of hydrogen-bond acceptors (Lipinski definition) is 4. The minimum Gasteiger partial charge on any atom is -0.228 e. The Labute approximate surface area is 552 Å². The zero-order valence-corrected chi connectivity index (χ0v) is 52.6. The van der Waals surface area contributed by atoms with Gasteiger partial charge in [0.25, 0.3) is 0 Å². The Kier molecular flexibility index (Phi) is 14.2. The van der Waals surface area contributed by atoms with Crippen LogP contribution in [0.3, 0.4) is 0 Å². The maximum Gasteiger partial charge on any atom is 0.160 e. The zero-order valence-electron chi connectivity index (χ0n) is 52.6. The highest BCUT2D eigenvalue weighted by Gasteiger charge is 2.35. The molecule has 4 nitrogen and oxygen atoms in total. The first kappa shape index (κ1) is 56.7. The van der Waals surface area contributed by atoms with Crippen LogP contribution in [0.2, 0.25) is 0 Å². The van der Waals surface area contributed by atoms with Crippen LogP contribution in [-0.4, -0.2) is 19.9 Å². The highest BCUT2D eigenvalue weighted by Crippen LogP contribution is 2.50. The van der Waals surface area contributed by atoms with Crippen molar-refractivity contribution in [1.82, 2.24) is 19.9 Å². The Morgan fingerprint density at radius 1 is 0.189 bits per heavy atom. The van der Waals surface area contributed by atoms with Crippen molar-refractivity contribution in [2.24, 2.45) is 0 Å². The number of rotatable bonds is 9. The van der Waals surface area contributed by atoms with E-state index >= 15 is 0 Å². The minimum atomic E-state index is -0.0323. The van der Waals surface area contributed by atoms with Crippen molar-refractivity contribution in [2.45, 2.75) is 19.3 Å². The van der Waals surface area contributed by atoms with Gasteiger partial charge in [-0.25, -0.2) is 19.9 Å². The summed E-state index contributed by atoms with van der Waals surface area (Å²) < 4.78 is 0. The minimum absolute atomic E-state index is 0.0323. The van der Waals surface area contributed by atoms with E-state index in [4.69, 9.17) is 19.9 Å². The smallest absolute Gasteiger partial charge is 0.160 e. The van der Waals surface area contributed by atoms with Gasteiger partial charge in [0, 0.05) is 38.4 Å². The maximum absolute atomic E-state index is 5.23. The van der Waals surface area contributed by atoms with Crippen LogP contribution in [0, 0.1) is 0 Å². The van der Waals surface area contributed by atoms with E-state index in [2.05, 4.69) is 329 Å². The highest BCUT2D eigenvalue weighted by molar-refractivity contribution is 6.25. The van der Waals surface area contributed by atoms with Gasteiger partial charge in [-0.2, -0.15) is 0 Å². The summed E-state index contributed by atoms with van der Waals surface area (Å²) in [5.74, 6) is 1.45. The SMILES string of the molecule is CC1(C)c2ccccc2-c2ccc(-c3cccc(-c4cccc(-c5nc(-c6cccc(-c7ccccc7)c6)c6ccccc6n5)c4)c3)cc21.c1ccc(-c2nc(-c3ccc(-c4cccc(-c5ccc6c7ccccc7c7ccccc7c6c5)c4)cc3)nc3ccccc23)cc1. The molecule has 0 atom stereocenters. The predicted octanol–water partition coefficient (Wildman–Crippen LogP) is 24.0. The first-order valence-corrected chi connectivity index (χ1v) is 32.6. The summed E-state index contributed by atoms with van der Waals surface area (Å²) in [5.41, 5.74) is 25.2. The summed E-state index contributed by atoms with van der Waals surface area (Å²) in [4.78, 5) is 20.3. The summed E-state index contributed by atoms with van der Waals surface area (Å²) in [6.45, 7) is 4.67. The summed E-state index contributed by atoms with van der Waals surface area (Å²) in [6, 6.07) is 121.